The quantitative estimate of drug-likeness (QED) is 0.806. The molecule has 0 spiro atoms. The largest absolute Gasteiger partial charge is 0.495 e. The fourth-order valence-electron chi connectivity index (χ4n) is 1.94. The Morgan fingerprint density at radius 2 is 2.22 bits per heavy atom. The van der Waals surface area contributed by atoms with Gasteiger partial charge in [-0.2, -0.15) is 4.31 Å². The average molecular weight is 289 g/mol. The third-order valence-electron chi connectivity index (χ3n) is 2.89. The van der Waals surface area contributed by atoms with Crippen molar-refractivity contribution >= 4 is 22.7 Å². The maximum atomic E-state index is 12.4. The van der Waals surface area contributed by atoms with Crippen molar-refractivity contribution in [3.63, 3.8) is 0 Å². The van der Waals surface area contributed by atoms with Crippen LogP contribution in [-0.2, 0) is 10.0 Å². The van der Waals surface area contributed by atoms with Crippen LogP contribution in [0.4, 0.5) is 0 Å². The van der Waals surface area contributed by atoms with Crippen LogP contribution in [0.1, 0.15) is 6.42 Å². The van der Waals surface area contributed by atoms with E-state index in [4.69, 9.17) is 4.74 Å². The van der Waals surface area contributed by atoms with Gasteiger partial charge in [-0.25, -0.2) is 8.42 Å². The van der Waals surface area contributed by atoms with E-state index in [1.165, 1.54) is 17.5 Å². The van der Waals surface area contributed by atoms with Crippen molar-refractivity contribution in [1.29, 1.82) is 0 Å². The second-order valence-electron chi connectivity index (χ2n) is 4.14. The monoisotopic (exact) mass is 289 g/mol. The molecule has 1 fully saturated rings. The highest BCUT2D eigenvalue weighted by molar-refractivity contribution is 7.89. The van der Waals surface area contributed by atoms with Gasteiger partial charge in [0.05, 0.1) is 13.2 Å². The smallest absolute Gasteiger partial charge is 0.246 e. The lowest BCUT2D eigenvalue weighted by Gasteiger charge is -2.18. The van der Waals surface area contributed by atoms with Crippen LogP contribution in [0, 0.1) is 0 Å². The summed E-state index contributed by atoms with van der Waals surface area (Å²) in [5.74, 6) is 0.286. The second-order valence-corrected chi connectivity index (χ2v) is 6.56. The van der Waals surface area contributed by atoms with Gasteiger partial charge >= 0.3 is 0 Å². The van der Waals surface area contributed by atoms with E-state index in [0.717, 1.165) is 0 Å². The number of methoxy groups -OCH3 is 1. The number of sulfonamides is 1. The molecule has 7 heteroatoms. The molecule has 18 heavy (non-hydrogen) atoms. The summed E-state index contributed by atoms with van der Waals surface area (Å²) in [6.07, 6.45) is -0.132. The molecule has 0 bridgehead atoms. The Kier molecular flexibility index (Phi) is 3.86. The fourth-order valence-corrected chi connectivity index (χ4v) is 3.90. The van der Waals surface area contributed by atoms with E-state index in [2.05, 4.69) is 12.6 Å². The van der Waals surface area contributed by atoms with Gasteiger partial charge in [0.1, 0.15) is 10.6 Å². The fraction of sp³-hybridized carbons (Fsp3) is 0.455. The molecule has 1 saturated heterocycles. The molecule has 5 nitrogen and oxygen atoms in total. The normalized spacial score (nSPS) is 21.2. The van der Waals surface area contributed by atoms with Crippen molar-refractivity contribution in [1.82, 2.24) is 4.31 Å². The molecule has 1 aromatic carbocycles. The van der Waals surface area contributed by atoms with Crippen molar-refractivity contribution in [3.05, 3.63) is 18.2 Å². The number of hydrogen-bond donors (Lipinski definition) is 2. The lowest BCUT2D eigenvalue weighted by molar-refractivity contribution is 0.189. The van der Waals surface area contributed by atoms with Crippen molar-refractivity contribution < 1.29 is 18.3 Å². The number of hydrogen-bond acceptors (Lipinski definition) is 5. The summed E-state index contributed by atoms with van der Waals surface area (Å²) in [5.41, 5.74) is 0. The SMILES string of the molecule is COc1ccc(S)cc1S(=O)(=O)N1CC[C@@H](O)C1. The molecule has 1 aliphatic heterocycles. The molecule has 1 aromatic rings. The van der Waals surface area contributed by atoms with Crippen LogP contribution in [0.3, 0.4) is 0 Å². The van der Waals surface area contributed by atoms with Crippen LogP contribution in [0.15, 0.2) is 28.0 Å². The Bertz CT molecular complexity index is 544. The highest BCUT2D eigenvalue weighted by Crippen LogP contribution is 2.30. The Balaban J connectivity index is 2.43. The number of aliphatic hydroxyl groups excluding tert-OH is 1. The van der Waals surface area contributed by atoms with Crippen molar-refractivity contribution in [3.8, 4) is 5.75 Å². The Hall–Kier alpha value is -0.760. The summed E-state index contributed by atoms with van der Waals surface area (Å²) in [6.45, 7) is 0.450. The van der Waals surface area contributed by atoms with Crippen molar-refractivity contribution in [2.45, 2.75) is 22.3 Å². The predicted molar refractivity (Wildman–Crippen MR) is 69.6 cm³/mol. The summed E-state index contributed by atoms with van der Waals surface area (Å²) in [7, 11) is -2.22. The number of ether oxygens (including phenoxy) is 1. The second kappa shape index (κ2) is 5.08. The van der Waals surface area contributed by atoms with Crippen molar-refractivity contribution in [2.24, 2.45) is 0 Å². The van der Waals surface area contributed by atoms with Gasteiger partial charge in [-0.1, -0.05) is 0 Å². The van der Waals surface area contributed by atoms with Gasteiger partial charge in [-0.3, -0.25) is 0 Å². The Morgan fingerprint density at radius 1 is 1.50 bits per heavy atom. The molecule has 100 valence electrons. The number of benzene rings is 1. The van der Waals surface area contributed by atoms with Crippen LogP contribution in [0.2, 0.25) is 0 Å². The molecule has 2 rings (SSSR count). The zero-order valence-electron chi connectivity index (χ0n) is 9.91. The van der Waals surface area contributed by atoms with Crippen LogP contribution < -0.4 is 4.74 Å². The number of rotatable bonds is 3. The van der Waals surface area contributed by atoms with Crippen molar-refractivity contribution in [2.75, 3.05) is 20.2 Å². The summed E-state index contributed by atoms with van der Waals surface area (Å²) < 4.78 is 31.2. The number of nitrogens with zero attached hydrogens (tertiary/aromatic N) is 1. The van der Waals surface area contributed by atoms with E-state index < -0.39 is 16.1 Å². The van der Waals surface area contributed by atoms with E-state index in [1.807, 2.05) is 0 Å². The minimum atomic E-state index is -3.64. The van der Waals surface area contributed by atoms with Crippen LogP contribution in [-0.4, -0.2) is 44.1 Å². The third kappa shape index (κ3) is 2.49. The van der Waals surface area contributed by atoms with Gasteiger partial charge in [0.2, 0.25) is 10.0 Å². The first-order chi connectivity index (χ1) is 8.45. The van der Waals surface area contributed by atoms with Gasteiger partial charge in [0, 0.05) is 18.0 Å². The van der Waals surface area contributed by atoms with Crippen LogP contribution >= 0.6 is 12.6 Å². The first-order valence-corrected chi connectivity index (χ1v) is 7.39. The zero-order chi connectivity index (χ0) is 13.3. The van der Waals surface area contributed by atoms with Gasteiger partial charge in [0.25, 0.3) is 0 Å². The summed E-state index contributed by atoms with van der Waals surface area (Å²) in [6, 6.07) is 4.70. The lowest BCUT2D eigenvalue weighted by Crippen LogP contribution is -2.30. The van der Waals surface area contributed by atoms with E-state index in [0.29, 0.717) is 17.9 Å². The topological polar surface area (TPSA) is 66.8 Å². The molecule has 0 amide bonds. The number of thiol groups is 1. The average Bonchev–Trinajstić information content (AvgIpc) is 2.76. The highest BCUT2D eigenvalue weighted by Gasteiger charge is 2.33. The van der Waals surface area contributed by atoms with Crippen LogP contribution in [0.5, 0.6) is 5.75 Å². The summed E-state index contributed by atoms with van der Waals surface area (Å²) >= 11 is 4.14. The Labute approximate surface area is 112 Å². The number of β-amino-alcohol motifs (C(OH)–C–C–N with tert-alkyl or cyclic N) is 1. The molecule has 1 atom stereocenters. The lowest BCUT2D eigenvalue weighted by atomic mass is 10.3. The molecule has 0 aliphatic carbocycles. The van der Waals surface area contributed by atoms with E-state index in [9.17, 15) is 13.5 Å². The molecule has 1 N–H and O–H groups in total. The molecule has 0 radical (unpaired) electrons. The van der Waals surface area contributed by atoms with Gasteiger partial charge < -0.3 is 9.84 Å². The minimum absolute atomic E-state index is 0.0894. The molecule has 0 saturated carbocycles. The first-order valence-electron chi connectivity index (χ1n) is 5.50. The maximum absolute atomic E-state index is 12.4. The molecule has 1 aliphatic rings. The standard InChI is InChI=1S/C11H15NO4S2/c1-16-10-3-2-9(17)6-11(10)18(14,15)12-5-4-8(13)7-12/h2-3,6,8,13,17H,4-5,7H2,1H3/t8-/m1/s1. The maximum Gasteiger partial charge on any atom is 0.246 e. The van der Waals surface area contributed by atoms with Gasteiger partial charge in [-0.15, -0.1) is 12.6 Å². The van der Waals surface area contributed by atoms with E-state index in [1.54, 1.807) is 12.1 Å². The molecular weight excluding hydrogens is 274 g/mol. The van der Waals surface area contributed by atoms with Gasteiger partial charge in [0.15, 0.2) is 0 Å². The van der Waals surface area contributed by atoms with E-state index in [-0.39, 0.29) is 17.2 Å². The molecule has 0 unspecified atom stereocenters. The zero-order valence-corrected chi connectivity index (χ0v) is 11.6. The van der Waals surface area contributed by atoms with E-state index >= 15 is 0 Å². The van der Waals surface area contributed by atoms with Crippen LogP contribution in [0.25, 0.3) is 0 Å². The molecule has 0 aromatic heterocycles. The summed E-state index contributed by atoms with van der Waals surface area (Å²) in [5, 5.41) is 9.44. The summed E-state index contributed by atoms with van der Waals surface area (Å²) in [4.78, 5) is 0.640. The third-order valence-corrected chi connectivity index (χ3v) is 5.06. The highest BCUT2D eigenvalue weighted by atomic mass is 32.2. The molecule has 1 heterocycles. The Morgan fingerprint density at radius 3 is 2.78 bits per heavy atom. The predicted octanol–water partition coefficient (Wildman–Crippen LogP) is 0.739. The minimum Gasteiger partial charge on any atom is -0.495 e. The molecular formula is C11H15NO4S2. The first kappa shape index (κ1) is 13.7. The number of aliphatic hydroxyl groups is 1. The van der Waals surface area contributed by atoms with Gasteiger partial charge in [-0.05, 0) is 24.6 Å².